The molecule has 1 heterocycles. The molecule has 2 N–H and O–H groups in total. The molecule has 1 aromatic heterocycles. The fourth-order valence-corrected chi connectivity index (χ4v) is 2.16. The maximum Gasteiger partial charge on any atom is 0.407 e. The number of aryl methyl sites for hydroxylation is 1. The first-order valence-corrected chi connectivity index (χ1v) is 7.95. The van der Waals surface area contributed by atoms with Crippen LogP contribution in [0.5, 0.6) is 0 Å². The van der Waals surface area contributed by atoms with E-state index in [0.29, 0.717) is 24.5 Å². The summed E-state index contributed by atoms with van der Waals surface area (Å²) in [6, 6.07) is 5.81. The molecule has 0 aliphatic rings. The van der Waals surface area contributed by atoms with Crippen LogP contribution in [0.2, 0.25) is 0 Å². The van der Waals surface area contributed by atoms with E-state index in [2.05, 4.69) is 26.0 Å². The van der Waals surface area contributed by atoms with E-state index in [4.69, 9.17) is 4.74 Å². The lowest BCUT2D eigenvalue weighted by molar-refractivity contribution is 0.0528. The lowest BCUT2D eigenvalue weighted by Gasteiger charge is -2.20. The minimum absolute atomic E-state index is 0.306. The summed E-state index contributed by atoms with van der Waals surface area (Å²) in [7, 11) is 1.64. The van der Waals surface area contributed by atoms with Gasteiger partial charge < -0.3 is 15.4 Å². The smallest absolute Gasteiger partial charge is 0.407 e. The number of nitrogens with one attached hydrogen (secondary N) is 2. The van der Waals surface area contributed by atoms with Gasteiger partial charge in [0.2, 0.25) is 0 Å². The number of carbonyl (C=O) groups excluding carboxylic acids is 1. The molecule has 9 heteroatoms. The van der Waals surface area contributed by atoms with Gasteiger partial charge in [-0.05, 0) is 32.1 Å². The number of hydrogen-bond acceptors (Lipinski definition) is 6. The van der Waals surface area contributed by atoms with Gasteiger partial charge in [0.15, 0.2) is 5.82 Å². The second-order valence-electron chi connectivity index (χ2n) is 6.47. The Hall–Kier alpha value is -2.55. The van der Waals surface area contributed by atoms with Crippen LogP contribution < -0.4 is 10.6 Å². The predicted octanol–water partition coefficient (Wildman–Crippen LogP) is 1.55. The number of halogens is 1. The van der Waals surface area contributed by atoms with Gasteiger partial charge in [-0.15, -0.1) is 10.2 Å². The molecule has 1 atom stereocenters. The molecular formula is C16H23FN6O2. The van der Waals surface area contributed by atoms with Gasteiger partial charge in [-0.1, -0.05) is 18.2 Å². The third-order valence-corrected chi connectivity index (χ3v) is 3.14. The number of alkyl carbamates (subject to hydrolysis) is 1. The lowest BCUT2D eigenvalue weighted by atomic mass is 10.1. The van der Waals surface area contributed by atoms with Crippen molar-refractivity contribution in [3.63, 3.8) is 0 Å². The highest BCUT2D eigenvalue weighted by atomic mass is 19.1. The van der Waals surface area contributed by atoms with Crippen molar-refractivity contribution >= 4 is 6.09 Å². The molecule has 1 unspecified atom stereocenters. The Morgan fingerprint density at radius 2 is 2.04 bits per heavy atom. The predicted molar refractivity (Wildman–Crippen MR) is 89.3 cm³/mol. The van der Waals surface area contributed by atoms with Crippen molar-refractivity contribution in [3.05, 3.63) is 41.5 Å². The number of amides is 1. The van der Waals surface area contributed by atoms with Crippen LogP contribution in [0.4, 0.5) is 9.18 Å². The summed E-state index contributed by atoms with van der Waals surface area (Å²) >= 11 is 0. The molecule has 0 fully saturated rings. The summed E-state index contributed by atoms with van der Waals surface area (Å²) < 4.78 is 19.3. The minimum atomic E-state index is -0.574. The van der Waals surface area contributed by atoms with E-state index in [1.54, 1.807) is 46.0 Å². The molecular weight excluding hydrogens is 327 g/mol. The first-order chi connectivity index (χ1) is 11.8. The van der Waals surface area contributed by atoms with Gasteiger partial charge in [-0.2, -0.15) is 4.80 Å². The maximum absolute atomic E-state index is 14.1. The zero-order chi connectivity index (χ0) is 18.4. The molecule has 0 saturated carbocycles. The molecule has 1 amide bonds. The second-order valence-corrected chi connectivity index (χ2v) is 6.47. The lowest BCUT2D eigenvalue weighted by Crippen LogP contribution is -2.37. The average molecular weight is 350 g/mol. The van der Waals surface area contributed by atoms with Crippen molar-refractivity contribution in [3.8, 4) is 0 Å². The number of nitrogens with zero attached hydrogens (tertiary/aromatic N) is 4. The maximum atomic E-state index is 14.1. The quantitative estimate of drug-likeness (QED) is 0.768. The largest absolute Gasteiger partial charge is 0.444 e. The van der Waals surface area contributed by atoms with Crippen LogP contribution in [0.25, 0.3) is 0 Å². The standard InChI is InChI=1S/C16H23FN6O2/c1-16(2,3)25-15(24)19-10-9-18-13(14-20-22-23(4)21-14)11-7-5-6-8-12(11)17/h5-8,13,18H,9-10H2,1-4H3,(H,19,24). The van der Waals surface area contributed by atoms with Gasteiger partial charge in [0.1, 0.15) is 11.4 Å². The Morgan fingerprint density at radius 1 is 1.32 bits per heavy atom. The van der Waals surface area contributed by atoms with Gasteiger partial charge >= 0.3 is 6.09 Å². The number of ether oxygens (including phenoxy) is 1. The van der Waals surface area contributed by atoms with Crippen LogP contribution in [0.3, 0.4) is 0 Å². The van der Waals surface area contributed by atoms with E-state index >= 15 is 0 Å². The van der Waals surface area contributed by atoms with Crippen LogP contribution in [-0.4, -0.2) is 45.0 Å². The van der Waals surface area contributed by atoms with E-state index in [9.17, 15) is 9.18 Å². The summed E-state index contributed by atoms with van der Waals surface area (Å²) in [5.41, 5.74) is -0.149. The Morgan fingerprint density at radius 3 is 2.64 bits per heavy atom. The van der Waals surface area contributed by atoms with E-state index in [-0.39, 0.29) is 5.82 Å². The molecule has 0 spiro atoms. The van der Waals surface area contributed by atoms with E-state index < -0.39 is 17.7 Å². The van der Waals surface area contributed by atoms with Crippen LogP contribution in [0, 0.1) is 5.82 Å². The topological polar surface area (TPSA) is 94.0 Å². The minimum Gasteiger partial charge on any atom is -0.444 e. The molecule has 0 aliphatic heterocycles. The Bertz CT molecular complexity index is 713. The number of carbonyl (C=O) groups is 1. The van der Waals surface area contributed by atoms with Crippen LogP contribution in [0.15, 0.2) is 24.3 Å². The van der Waals surface area contributed by atoms with Gasteiger partial charge in [-0.25, -0.2) is 9.18 Å². The van der Waals surface area contributed by atoms with Crippen molar-refractivity contribution in [2.24, 2.45) is 7.05 Å². The highest BCUT2D eigenvalue weighted by Gasteiger charge is 2.22. The third kappa shape index (κ3) is 5.79. The number of benzene rings is 1. The highest BCUT2D eigenvalue weighted by molar-refractivity contribution is 5.67. The fourth-order valence-electron chi connectivity index (χ4n) is 2.16. The van der Waals surface area contributed by atoms with E-state index in [1.807, 2.05) is 0 Å². The van der Waals surface area contributed by atoms with Crippen LogP contribution >= 0.6 is 0 Å². The molecule has 0 radical (unpaired) electrons. The Labute approximate surface area is 145 Å². The molecule has 8 nitrogen and oxygen atoms in total. The number of tetrazole rings is 1. The molecule has 2 aromatic rings. The van der Waals surface area contributed by atoms with Gasteiger partial charge in [0.25, 0.3) is 0 Å². The number of aromatic nitrogens is 4. The van der Waals surface area contributed by atoms with Crippen molar-refractivity contribution in [1.82, 2.24) is 30.8 Å². The first-order valence-electron chi connectivity index (χ1n) is 7.95. The fraction of sp³-hybridized carbons (Fsp3) is 0.500. The van der Waals surface area contributed by atoms with E-state index in [0.717, 1.165) is 0 Å². The van der Waals surface area contributed by atoms with Crippen LogP contribution in [0.1, 0.15) is 38.2 Å². The Balaban J connectivity index is 1.99. The molecule has 136 valence electrons. The third-order valence-electron chi connectivity index (χ3n) is 3.14. The summed E-state index contributed by atoms with van der Waals surface area (Å²) in [5.74, 6) is -0.0163. The monoisotopic (exact) mass is 350 g/mol. The molecule has 2 rings (SSSR count). The van der Waals surface area contributed by atoms with Gasteiger partial charge in [0, 0.05) is 18.7 Å². The summed E-state index contributed by atoms with van der Waals surface area (Å²) in [6.45, 7) is 6.05. The summed E-state index contributed by atoms with van der Waals surface area (Å²) in [5, 5.41) is 17.7. The number of rotatable bonds is 6. The summed E-state index contributed by atoms with van der Waals surface area (Å²) in [6.07, 6.45) is -0.505. The SMILES string of the molecule is Cn1nnc(C(NCCNC(=O)OC(C)(C)C)c2ccccc2F)n1. The molecule has 0 saturated heterocycles. The van der Waals surface area contributed by atoms with Crippen molar-refractivity contribution < 1.29 is 13.9 Å². The van der Waals surface area contributed by atoms with Gasteiger partial charge in [0.05, 0.1) is 13.1 Å². The van der Waals surface area contributed by atoms with Crippen molar-refractivity contribution in [1.29, 1.82) is 0 Å². The average Bonchev–Trinajstić information content (AvgIpc) is 2.93. The Kier molecular flexibility index (Phi) is 6.02. The highest BCUT2D eigenvalue weighted by Crippen LogP contribution is 2.21. The van der Waals surface area contributed by atoms with Crippen molar-refractivity contribution in [2.45, 2.75) is 32.4 Å². The first kappa shape index (κ1) is 18.8. The normalized spacial score (nSPS) is 12.7. The molecule has 1 aromatic carbocycles. The van der Waals surface area contributed by atoms with E-state index in [1.165, 1.54) is 10.9 Å². The molecule has 0 bridgehead atoms. The van der Waals surface area contributed by atoms with Crippen LogP contribution in [-0.2, 0) is 11.8 Å². The second kappa shape index (κ2) is 8.02. The zero-order valence-electron chi connectivity index (χ0n) is 14.8. The summed E-state index contributed by atoms with van der Waals surface area (Å²) in [4.78, 5) is 13.0. The zero-order valence-corrected chi connectivity index (χ0v) is 14.8. The molecule has 0 aliphatic carbocycles. The molecule has 25 heavy (non-hydrogen) atoms. The van der Waals surface area contributed by atoms with Crippen molar-refractivity contribution in [2.75, 3.05) is 13.1 Å². The number of hydrogen-bond donors (Lipinski definition) is 2. The van der Waals surface area contributed by atoms with Gasteiger partial charge in [-0.3, -0.25) is 0 Å².